The molecule has 0 spiro atoms. The van der Waals surface area contributed by atoms with Crippen molar-refractivity contribution in [2.24, 2.45) is 0 Å². The van der Waals surface area contributed by atoms with E-state index in [1.165, 1.54) is 167 Å². The fraction of sp³-hybridized carbons (Fsp3) is 0.887. The number of hydrogen-bond acceptors (Lipinski definition) is 13. The molecule has 2 fully saturated rings. The predicted octanol–water partition coefficient (Wildman–Crippen LogP) is 11.0. The maximum absolute atomic E-state index is 13.2. The number of rotatable bonds is 50. The molecule has 0 bridgehead atoms. The molecular formula is C62H115NO13. The average Bonchev–Trinajstić information content (AvgIpc) is 3.42. The molecule has 12 atom stereocenters. The number of allylic oxidation sites excluding steroid dienone is 6. The summed E-state index contributed by atoms with van der Waals surface area (Å²) in [5, 5.41) is 87.0. The maximum Gasteiger partial charge on any atom is 0.220 e. The maximum atomic E-state index is 13.2. The van der Waals surface area contributed by atoms with E-state index in [2.05, 4.69) is 55.6 Å². The number of aliphatic hydroxyl groups is 8. The van der Waals surface area contributed by atoms with Crippen LogP contribution in [0.1, 0.15) is 258 Å². The van der Waals surface area contributed by atoms with Crippen molar-refractivity contribution >= 4 is 5.91 Å². The molecule has 0 saturated carbocycles. The lowest BCUT2D eigenvalue weighted by Gasteiger charge is -2.46. The van der Waals surface area contributed by atoms with E-state index in [0.717, 1.165) is 64.2 Å². The van der Waals surface area contributed by atoms with Crippen LogP contribution in [0.3, 0.4) is 0 Å². The summed E-state index contributed by atoms with van der Waals surface area (Å²) in [7, 11) is 0. The summed E-state index contributed by atoms with van der Waals surface area (Å²) in [5.74, 6) is -0.207. The third kappa shape index (κ3) is 33.1. The number of aliphatic hydroxyl groups excluding tert-OH is 8. The second-order valence-corrected chi connectivity index (χ2v) is 22.2. The molecule has 2 saturated heterocycles. The molecule has 9 N–H and O–H groups in total. The van der Waals surface area contributed by atoms with Gasteiger partial charge in [0.15, 0.2) is 12.6 Å². The number of ether oxygens (including phenoxy) is 4. The molecule has 2 rings (SSSR count). The Morgan fingerprint density at radius 1 is 0.474 bits per heavy atom. The molecule has 12 unspecified atom stereocenters. The predicted molar refractivity (Wildman–Crippen MR) is 305 cm³/mol. The number of amides is 1. The first kappa shape index (κ1) is 70.3. The Balaban J connectivity index is 1.58. The summed E-state index contributed by atoms with van der Waals surface area (Å²) in [6.07, 6.45) is 41.9. The van der Waals surface area contributed by atoms with E-state index in [4.69, 9.17) is 18.9 Å². The largest absolute Gasteiger partial charge is 0.394 e. The third-order valence-electron chi connectivity index (χ3n) is 15.4. The average molecular weight is 1080 g/mol. The minimum absolute atomic E-state index is 0.207. The van der Waals surface area contributed by atoms with E-state index in [1.807, 2.05) is 0 Å². The zero-order valence-corrected chi connectivity index (χ0v) is 48.0. The molecule has 2 heterocycles. The lowest BCUT2D eigenvalue weighted by Crippen LogP contribution is -2.65. The van der Waals surface area contributed by atoms with Crippen molar-refractivity contribution in [3.8, 4) is 0 Å². The van der Waals surface area contributed by atoms with Gasteiger partial charge in [-0.25, -0.2) is 0 Å². The molecule has 0 aromatic carbocycles. The Bertz CT molecular complexity index is 1410. The van der Waals surface area contributed by atoms with E-state index >= 15 is 0 Å². The standard InChI is InChI=1S/C62H115NO13/c1-3-5-7-9-11-13-14-15-16-17-18-19-20-21-22-23-24-25-26-27-28-29-30-31-32-33-34-35-36-38-40-42-44-46-54(67)63-50(51(66)45-43-41-39-37-12-10-8-6-4-2)49-73-61-59(72)57(70)60(53(48-65)75-61)76-62-58(71)56(69)55(68)52(47-64)74-62/h14-15,17-18,20-21,50-53,55-62,64-66,68-72H,3-13,16,19,22-49H2,1-2H3,(H,63,67)/b15-14-,18-17-,21-20-. The minimum atomic E-state index is -1.78. The Labute approximate surface area is 461 Å². The third-order valence-corrected chi connectivity index (χ3v) is 15.4. The monoisotopic (exact) mass is 1080 g/mol. The molecule has 76 heavy (non-hydrogen) atoms. The molecule has 14 heteroatoms. The first-order valence-electron chi connectivity index (χ1n) is 31.2. The first-order chi connectivity index (χ1) is 37.1. The molecule has 2 aliphatic heterocycles. The molecule has 446 valence electrons. The zero-order chi connectivity index (χ0) is 55.3. The Hall–Kier alpha value is -1.79. The van der Waals surface area contributed by atoms with Crippen molar-refractivity contribution < 1.29 is 64.6 Å². The molecule has 0 radical (unpaired) electrons. The number of unbranched alkanes of at least 4 members (excludes halogenated alkanes) is 31. The summed E-state index contributed by atoms with van der Waals surface area (Å²) < 4.78 is 22.8. The Morgan fingerprint density at radius 3 is 1.33 bits per heavy atom. The van der Waals surface area contributed by atoms with Gasteiger partial charge >= 0.3 is 0 Å². The van der Waals surface area contributed by atoms with Crippen molar-refractivity contribution in [3.05, 3.63) is 36.5 Å². The highest BCUT2D eigenvalue weighted by molar-refractivity contribution is 5.76. The minimum Gasteiger partial charge on any atom is -0.394 e. The van der Waals surface area contributed by atoms with Crippen LogP contribution in [0.2, 0.25) is 0 Å². The van der Waals surface area contributed by atoms with E-state index < -0.39 is 86.8 Å². The normalized spacial score (nSPS) is 25.1. The van der Waals surface area contributed by atoms with E-state index in [0.29, 0.717) is 12.8 Å². The summed E-state index contributed by atoms with van der Waals surface area (Å²) in [4.78, 5) is 13.2. The lowest BCUT2D eigenvalue weighted by atomic mass is 9.97. The topological polar surface area (TPSA) is 228 Å². The molecular weight excluding hydrogens is 967 g/mol. The summed E-state index contributed by atoms with van der Waals surface area (Å²) in [6.45, 7) is 2.83. The van der Waals surface area contributed by atoms with Gasteiger partial charge in [-0.05, 0) is 51.4 Å². The highest BCUT2D eigenvalue weighted by Gasteiger charge is 2.51. The highest BCUT2D eigenvalue weighted by atomic mass is 16.7. The fourth-order valence-electron chi connectivity index (χ4n) is 10.3. The summed E-state index contributed by atoms with van der Waals surface area (Å²) in [5.41, 5.74) is 0. The molecule has 14 nitrogen and oxygen atoms in total. The van der Waals surface area contributed by atoms with Crippen molar-refractivity contribution in [1.82, 2.24) is 5.32 Å². The quantitative estimate of drug-likeness (QED) is 0.0204. The van der Waals surface area contributed by atoms with Crippen LogP contribution < -0.4 is 5.32 Å². The van der Waals surface area contributed by atoms with Crippen molar-refractivity contribution in [1.29, 1.82) is 0 Å². The van der Waals surface area contributed by atoms with Crippen LogP contribution in [0.15, 0.2) is 36.5 Å². The smallest absolute Gasteiger partial charge is 0.220 e. The van der Waals surface area contributed by atoms with Gasteiger partial charge in [0, 0.05) is 6.42 Å². The molecule has 2 aliphatic rings. The Morgan fingerprint density at radius 2 is 0.868 bits per heavy atom. The van der Waals surface area contributed by atoms with Crippen LogP contribution >= 0.6 is 0 Å². The fourth-order valence-corrected chi connectivity index (χ4v) is 10.3. The highest BCUT2D eigenvalue weighted by Crippen LogP contribution is 2.30. The first-order valence-corrected chi connectivity index (χ1v) is 31.2. The molecule has 0 aromatic rings. The van der Waals surface area contributed by atoms with E-state index in [-0.39, 0.29) is 12.5 Å². The zero-order valence-electron chi connectivity index (χ0n) is 48.0. The lowest BCUT2D eigenvalue weighted by molar-refractivity contribution is -0.359. The van der Waals surface area contributed by atoms with Gasteiger partial charge in [0.1, 0.15) is 48.8 Å². The van der Waals surface area contributed by atoms with Gasteiger partial charge < -0.3 is 65.1 Å². The van der Waals surface area contributed by atoms with Crippen LogP contribution in [0, 0.1) is 0 Å². The van der Waals surface area contributed by atoms with Crippen LogP contribution in [0.5, 0.6) is 0 Å². The number of carbonyl (C=O) groups is 1. The molecule has 0 aliphatic carbocycles. The summed E-state index contributed by atoms with van der Waals surface area (Å²) >= 11 is 0. The van der Waals surface area contributed by atoms with Gasteiger partial charge in [0.25, 0.3) is 0 Å². The van der Waals surface area contributed by atoms with E-state index in [9.17, 15) is 45.6 Å². The second-order valence-electron chi connectivity index (χ2n) is 22.2. The van der Waals surface area contributed by atoms with E-state index in [1.54, 1.807) is 0 Å². The number of carbonyl (C=O) groups excluding carboxylic acids is 1. The molecule has 0 aromatic heterocycles. The van der Waals surface area contributed by atoms with Crippen LogP contribution in [0.4, 0.5) is 0 Å². The Kier molecular flexibility index (Phi) is 44.4. The van der Waals surface area contributed by atoms with Crippen LogP contribution in [-0.2, 0) is 23.7 Å². The van der Waals surface area contributed by atoms with Crippen molar-refractivity contribution in [3.63, 3.8) is 0 Å². The number of hydrogen-bond donors (Lipinski definition) is 9. The van der Waals surface area contributed by atoms with Gasteiger partial charge in [-0.2, -0.15) is 0 Å². The second kappa shape index (κ2) is 48.0. The van der Waals surface area contributed by atoms with Crippen molar-refractivity contribution in [2.45, 2.75) is 331 Å². The van der Waals surface area contributed by atoms with Gasteiger partial charge in [-0.15, -0.1) is 0 Å². The summed E-state index contributed by atoms with van der Waals surface area (Å²) in [6, 6.07) is -0.825. The van der Waals surface area contributed by atoms with Gasteiger partial charge in [0.05, 0.1) is 32.0 Å². The van der Waals surface area contributed by atoms with Gasteiger partial charge in [-0.1, -0.05) is 237 Å². The van der Waals surface area contributed by atoms with Crippen molar-refractivity contribution in [2.75, 3.05) is 19.8 Å². The van der Waals surface area contributed by atoms with Gasteiger partial charge in [0.2, 0.25) is 5.91 Å². The van der Waals surface area contributed by atoms with Gasteiger partial charge in [-0.3, -0.25) is 4.79 Å². The van der Waals surface area contributed by atoms with Crippen LogP contribution in [-0.4, -0.2) is 140 Å². The molecule has 1 amide bonds. The van der Waals surface area contributed by atoms with Crippen LogP contribution in [0.25, 0.3) is 0 Å². The number of nitrogens with one attached hydrogen (secondary N) is 1. The SMILES string of the molecule is CCCCCCC/C=C\C/C=C\C/C=C\CCCCCCCCCCCCCCCCCCCCC(=O)NC(COC1OC(CO)C(OC2OC(CO)C(O)C(O)C2O)C(O)C1O)C(O)CCCCCCCCCCC.